The van der Waals surface area contributed by atoms with Crippen molar-refractivity contribution in [2.75, 3.05) is 26.2 Å². The molecule has 4 bridgehead atoms. The molecular formula is C20H31N3O3. The normalized spacial score (nSPS) is 35.7. The van der Waals surface area contributed by atoms with Gasteiger partial charge in [-0.05, 0) is 70.1 Å². The first kappa shape index (κ1) is 17.8. The highest BCUT2D eigenvalue weighted by atomic mass is 16.2. The molecule has 0 aromatic rings. The largest absolute Gasteiger partial charge is 0.346 e. The van der Waals surface area contributed by atoms with Crippen LogP contribution in [-0.2, 0) is 14.4 Å². The van der Waals surface area contributed by atoms with Crippen molar-refractivity contribution in [2.45, 2.75) is 58.4 Å². The summed E-state index contributed by atoms with van der Waals surface area (Å²) in [6, 6.07) is -0.0506. The van der Waals surface area contributed by atoms with E-state index in [9.17, 15) is 14.4 Å². The molecule has 0 atom stereocenters. The summed E-state index contributed by atoms with van der Waals surface area (Å²) in [4.78, 5) is 41.1. The Kier molecular flexibility index (Phi) is 4.48. The van der Waals surface area contributed by atoms with Crippen LogP contribution in [0.4, 0.5) is 0 Å². The lowest BCUT2D eigenvalue weighted by Crippen LogP contribution is -2.59. The second-order valence-electron chi connectivity index (χ2n) is 9.41. The molecule has 5 fully saturated rings. The third-order valence-corrected chi connectivity index (χ3v) is 6.96. The van der Waals surface area contributed by atoms with Gasteiger partial charge in [0.1, 0.15) is 0 Å². The minimum Gasteiger partial charge on any atom is -0.346 e. The molecular weight excluding hydrogens is 330 g/mol. The monoisotopic (exact) mass is 361 g/mol. The van der Waals surface area contributed by atoms with Crippen molar-refractivity contribution in [3.05, 3.63) is 0 Å². The molecule has 1 saturated heterocycles. The van der Waals surface area contributed by atoms with E-state index in [4.69, 9.17) is 0 Å². The number of carbonyl (C=O) groups is 3. The summed E-state index contributed by atoms with van der Waals surface area (Å²) in [5.41, 5.74) is -0.115. The predicted molar refractivity (Wildman–Crippen MR) is 97.0 cm³/mol. The number of amides is 3. The van der Waals surface area contributed by atoms with Gasteiger partial charge >= 0.3 is 11.8 Å². The van der Waals surface area contributed by atoms with Crippen molar-refractivity contribution in [1.29, 1.82) is 0 Å². The minimum atomic E-state index is -0.541. The summed E-state index contributed by atoms with van der Waals surface area (Å²) in [7, 11) is 0. The summed E-state index contributed by atoms with van der Waals surface area (Å²) in [6.07, 6.45) is 7.23. The maximum Gasteiger partial charge on any atom is 0.312 e. The summed E-state index contributed by atoms with van der Waals surface area (Å²) in [6.45, 7) is 5.72. The fourth-order valence-corrected chi connectivity index (χ4v) is 6.29. The van der Waals surface area contributed by atoms with Crippen molar-refractivity contribution in [2.24, 2.45) is 23.2 Å². The van der Waals surface area contributed by atoms with Gasteiger partial charge in [0.05, 0.1) is 5.41 Å². The smallest absolute Gasteiger partial charge is 0.312 e. The first-order chi connectivity index (χ1) is 12.4. The Hall–Kier alpha value is -1.59. The number of rotatable bonds is 2. The maximum absolute atomic E-state index is 13.4. The highest BCUT2D eigenvalue weighted by Crippen LogP contribution is 2.60. The van der Waals surface area contributed by atoms with E-state index in [2.05, 4.69) is 5.32 Å². The minimum absolute atomic E-state index is 0.0506. The van der Waals surface area contributed by atoms with Crippen LogP contribution in [0.15, 0.2) is 0 Å². The maximum atomic E-state index is 13.4. The molecule has 4 saturated carbocycles. The zero-order valence-corrected chi connectivity index (χ0v) is 16.0. The molecule has 144 valence electrons. The van der Waals surface area contributed by atoms with Crippen LogP contribution >= 0.6 is 0 Å². The topological polar surface area (TPSA) is 69.7 Å². The number of piperazine rings is 1. The van der Waals surface area contributed by atoms with Crippen LogP contribution in [0.25, 0.3) is 0 Å². The van der Waals surface area contributed by atoms with E-state index in [1.54, 1.807) is 4.90 Å². The van der Waals surface area contributed by atoms with Crippen LogP contribution in [0.2, 0.25) is 0 Å². The molecule has 1 aliphatic heterocycles. The fourth-order valence-electron chi connectivity index (χ4n) is 6.29. The standard InChI is InChI=1S/C20H31N3O3/c1-13(2)21-17(24)18(25)22-3-5-23(6-4-22)19(26)20-10-14-7-15(11-20)9-16(8-14)12-20/h13-16H,3-12H2,1-2H3,(H,21,24). The summed E-state index contributed by atoms with van der Waals surface area (Å²) in [5, 5.41) is 2.65. The van der Waals surface area contributed by atoms with E-state index in [1.807, 2.05) is 18.7 Å². The van der Waals surface area contributed by atoms with E-state index in [0.29, 0.717) is 32.1 Å². The van der Waals surface area contributed by atoms with Crippen molar-refractivity contribution < 1.29 is 14.4 Å². The number of hydrogen-bond donors (Lipinski definition) is 1. The Morgan fingerprint density at radius 3 is 1.77 bits per heavy atom. The average molecular weight is 361 g/mol. The summed E-state index contributed by atoms with van der Waals surface area (Å²) < 4.78 is 0. The zero-order valence-electron chi connectivity index (χ0n) is 16.0. The highest BCUT2D eigenvalue weighted by molar-refractivity contribution is 6.35. The molecule has 0 spiro atoms. The molecule has 5 aliphatic rings. The van der Waals surface area contributed by atoms with Crippen molar-refractivity contribution >= 4 is 17.7 Å². The first-order valence-corrected chi connectivity index (χ1v) is 10.3. The van der Waals surface area contributed by atoms with Gasteiger partial charge in [-0.1, -0.05) is 0 Å². The molecule has 0 aromatic heterocycles. The number of nitrogens with one attached hydrogen (secondary N) is 1. The highest BCUT2D eigenvalue weighted by Gasteiger charge is 2.55. The second kappa shape index (κ2) is 6.54. The lowest BCUT2D eigenvalue weighted by molar-refractivity contribution is -0.161. The van der Waals surface area contributed by atoms with Crippen molar-refractivity contribution in [3.63, 3.8) is 0 Å². The van der Waals surface area contributed by atoms with Gasteiger partial charge in [-0.25, -0.2) is 0 Å². The molecule has 5 rings (SSSR count). The number of nitrogens with zero attached hydrogens (tertiary/aromatic N) is 2. The molecule has 6 heteroatoms. The SMILES string of the molecule is CC(C)NC(=O)C(=O)N1CCN(C(=O)C23CC4CC(CC(C4)C2)C3)CC1. The lowest BCUT2D eigenvalue weighted by atomic mass is 9.49. The Balaban J connectivity index is 1.36. The van der Waals surface area contributed by atoms with Gasteiger partial charge in [-0.2, -0.15) is 0 Å². The fraction of sp³-hybridized carbons (Fsp3) is 0.850. The molecule has 26 heavy (non-hydrogen) atoms. The van der Waals surface area contributed by atoms with Crippen LogP contribution in [0, 0.1) is 23.2 Å². The predicted octanol–water partition coefficient (Wildman–Crippen LogP) is 1.40. The van der Waals surface area contributed by atoms with Gasteiger partial charge in [0, 0.05) is 32.2 Å². The van der Waals surface area contributed by atoms with Crippen LogP contribution < -0.4 is 5.32 Å². The Labute approximate surface area is 155 Å². The van der Waals surface area contributed by atoms with Crippen LogP contribution in [0.1, 0.15) is 52.4 Å². The molecule has 1 heterocycles. The van der Waals surface area contributed by atoms with Crippen molar-refractivity contribution in [1.82, 2.24) is 15.1 Å². The average Bonchev–Trinajstić information content (AvgIpc) is 2.59. The Morgan fingerprint density at radius 1 is 0.846 bits per heavy atom. The van der Waals surface area contributed by atoms with E-state index in [0.717, 1.165) is 37.0 Å². The second-order valence-corrected chi connectivity index (χ2v) is 9.41. The molecule has 6 nitrogen and oxygen atoms in total. The summed E-state index contributed by atoms with van der Waals surface area (Å²) in [5.74, 6) is 1.59. The third-order valence-electron chi connectivity index (χ3n) is 6.96. The van der Waals surface area contributed by atoms with E-state index >= 15 is 0 Å². The van der Waals surface area contributed by atoms with Gasteiger partial charge in [0.25, 0.3) is 0 Å². The van der Waals surface area contributed by atoms with E-state index in [1.165, 1.54) is 19.3 Å². The third kappa shape index (κ3) is 3.12. The van der Waals surface area contributed by atoms with E-state index < -0.39 is 11.8 Å². The molecule has 4 aliphatic carbocycles. The first-order valence-electron chi connectivity index (χ1n) is 10.3. The molecule has 1 N–H and O–H groups in total. The Bertz CT molecular complexity index is 572. The van der Waals surface area contributed by atoms with Gasteiger partial charge < -0.3 is 15.1 Å². The molecule has 0 radical (unpaired) electrons. The van der Waals surface area contributed by atoms with E-state index in [-0.39, 0.29) is 11.5 Å². The van der Waals surface area contributed by atoms with Crippen molar-refractivity contribution in [3.8, 4) is 0 Å². The Morgan fingerprint density at radius 2 is 1.31 bits per heavy atom. The number of hydrogen-bond acceptors (Lipinski definition) is 3. The van der Waals surface area contributed by atoms with Crippen LogP contribution in [0.5, 0.6) is 0 Å². The number of carbonyl (C=O) groups excluding carboxylic acids is 3. The van der Waals surface area contributed by atoms with Gasteiger partial charge in [-0.15, -0.1) is 0 Å². The lowest BCUT2D eigenvalue weighted by Gasteiger charge is -2.57. The zero-order chi connectivity index (χ0) is 18.5. The quantitative estimate of drug-likeness (QED) is 0.756. The molecule has 3 amide bonds. The van der Waals surface area contributed by atoms with Gasteiger partial charge in [-0.3, -0.25) is 14.4 Å². The summed E-state index contributed by atoms with van der Waals surface area (Å²) >= 11 is 0. The molecule has 0 unspecified atom stereocenters. The van der Waals surface area contributed by atoms with Crippen LogP contribution in [0.3, 0.4) is 0 Å². The van der Waals surface area contributed by atoms with Gasteiger partial charge in [0.15, 0.2) is 0 Å². The van der Waals surface area contributed by atoms with Gasteiger partial charge in [0.2, 0.25) is 5.91 Å². The molecule has 0 aromatic carbocycles. The van der Waals surface area contributed by atoms with Crippen LogP contribution in [-0.4, -0.2) is 59.7 Å².